The number of hydrogen-bond donors (Lipinski definition) is 2. The highest BCUT2D eigenvalue weighted by Crippen LogP contribution is 2.39. The van der Waals surface area contributed by atoms with Crippen LogP contribution in [-0.4, -0.2) is 21.7 Å². The number of aromatic amines is 1. The standard InChI is InChI=1S/C28H25N3O2/c1-28(2,3)19-8-10-23-20(14-19)21-15-26(33)30-24-9-6-17(13-22(24)27(21)31-23)7-11-25(32)18-5-4-12-29-16-18/h4-14,16,31H,15H2,1-3H3,(H,30,33). The third-order valence-electron chi connectivity index (χ3n) is 6.07. The number of ketones is 1. The summed E-state index contributed by atoms with van der Waals surface area (Å²) in [7, 11) is 0. The van der Waals surface area contributed by atoms with Crippen LogP contribution in [0.15, 0.2) is 67.0 Å². The average Bonchev–Trinajstić information content (AvgIpc) is 3.08. The number of carbonyl (C=O) groups is 2. The number of aromatic nitrogens is 2. The Balaban J connectivity index is 1.59. The summed E-state index contributed by atoms with van der Waals surface area (Å²) in [5.41, 5.74) is 7.30. The zero-order valence-electron chi connectivity index (χ0n) is 18.9. The number of pyridine rings is 1. The molecule has 0 bridgehead atoms. The molecule has 3 heterocycles. The largest absolute Gasteiger partial charge is 0.354 e. The number of anilines is 1. The first-order chi connectivity index (χ1) is 15.8. The molecule has 0 saturated heterocycles. The first-order valence-corrected chi connectivity index (χ1v) is 11.0. The van der Waals surface area contributed by atoms with E-state index in [2.05, 4.69) is 54.3 Å². The van der Waals surface area contributed by atoms with Crippen molar-refractivity contribution < 1.29 is 9.59 Å². The van der Waals surface area contributed by atoms with Crippen molar-refractivity contribution in [3.63, 3.8) is 0 Å². The lowest BCUT2D eigenvalue weighted by molar-refractivity contribution is -0.115. The van der Waals surface area contributed by atoms with E-state index in [9.17, 15) is 9.59 Å². The van der Waals surface area contributed by atoms with Crippen molar-refractivity contribution >= 4 is 34.4 Å². The Morgan fingerprint density at radius 1 is 1.09 bits per heavy atom. The van der Waals surface area contributed by atoms with E-state index < -0.39 is 0 Å². The maximum Gasteiger partial charge on any atom is 0.228 e. The van der Waals surface area contributed by atoms with E-state index >= 15 is 0 Å². The summed E-state index contributed by atoms with van der Waals surface area (Å²) in [6.45, 7) is 6.56. The summed E-state index contributed by atoms with van der Waals surface area (Å²) < 4.78 is 0. The highest BCUT2D eigenvalue weighted by atomic mass is 16.1. The monoisotopic (exact) mass is 435 g/mol. The zero-order valence-corrected chi connectivity index (χ0v) is 18.9. The van der Waals surface area contributed by atoms with E-state index in [0.29, 0.717) is 12.0 Å². The third-order valence-corrected chi connectivity index (χ3v) is 6.07. The lowest BCUT2D eigenvalue weighted by atomic mass is 9.86. The van der Waals surface area contributed by atoms with E-state index in [1.165, 1.54) is 5.56 Å². The Hall–Kier alpha value is -3.99. The highest BCUT2D eigenvalue weighted by Gasteiger charge is 2.24. The minimum absolute atomic E-state index is 0.0159. The van der Waals surface area contributed by atoms with E-state index in [-0.39, 0.29) is 17.1 Å². The van der Waals surface area contributed by atoms with Crippen LogP contribution in [0.1, 0.15) is 47.8 Å². The van der Waals surface area contributed by atoms with Crippen molar-refractivity contribution in [2.45, 2.75) is 32.6 Å². The Morgan fingerprint density at radius 3 is 2.70 bits per heavy atom. The summed E-state index contributed by atoms with van der Waals surface area (Å²) in [5.74, 6) is -0.139. The molecule has 33 heavy (non-hydrogen) atoms. The minimum Gasteiger partial charge on any atom is -0.354 e. The van der Waals surface area contributed by atoms with Gasteiger partial charge < -0.3 is 10.3 Å². The van der Waals surface area contributed by atoms with E-state index in [4.69, 9.17) is 0 Å². The molecule has 2 aromatic carbocycles. The molecule has 1 aliphatic rings. The quantitative estimate of drug-likeness (QED) is 0.310. The van der Waals surface area contributed by atoms with Crippen molar-refractivity contribution in [1.29, 1.82) is 0 Å². The molecule has 0 radical (unpaired) electrons. The van der Waals surface area contributed by atoms with E-state index in [1.54, 1.807) is 36.7 Å². The fraction of sp³-hybridized carbons (Fsp3) is 0.179. The molecule has 2 N–H and O–H groups in total. The van der Waals surface area contributed by atoms with Crippen molar-refractivity contribution in [3.8, 4) is 11.3 Å². The number of benzene rings is 2. The van der Waals surface area contributed by atoms with Gasteiger partial charge in [0.15, 0.2) is 5.78 Å². The molecule has 4 aromatic rings. The second-order valence-electron chi connectivity index (χ2n) is 9.46. The SMILES string of the molecule is CC(C)(C)c1ccc2[nH]c3c(c2c1)CC(=O)Nc1ccc(C=CC(=O)c2cccnc2)cc1-3. The van der Waals surface area contributed by atoms with Crippen LogP contribution in [-0.2, 0) is 16.6 Å². The summed E-state index contributed by atoms with van der Waals surface area (Å²) in [5, 5.41) is 4.10. The van der Waals surface area contributed by atoms with Crippen molar-refractivity contribution in [3.05, 3.63) is 89.3 Å². The molecule has 164 valence electrons. The van der Waals surface area contributed by atoms with Crippen LogP contribution >= 0.6 is 0 Å². The molecule has 5 heteroatoms. The van der Waals surface area contributed by atoms with Gasteiger partial charge >= 0.3 is 0 Å². The first kappa shape index (κ1) is 20.9. The summed E-state index contributed by atoms with van der Waals surface area (Å²) in [6, 6.07) is 15.7. The van der Waals surface area contributed by atoms with Crippen molar-refractivity contribution in [1.82, 2.24) is 9.97 Å². The van der Waals surface area contributed by atoms with Gasteiger partial charge in [0.1, 0.15) is 0 Å². The van der Waals surface area contributed by atoms with Crippen LogP contribution in [0.25, 0.3) is 28.2 Å². The molecule has 5 rings (SSSR count). The highest BCUT2D eigenvalue weighted by molar-refractivity contribution is 6.08. The maximum absolute atomic E-state index is 12.7. The Labute approximate surface area is 192 Å². The minimum atomic E-state index is -0.104. The molecule has 2 aromatic heterocycles. The van der Waals surface area contributed by atoms with E-state index in [0.717, 1.165) is 39.0 Å². The van der Waals surface area contributed by atoms with Crippen LogP contribution in [0.3, 0.4) is 0 Å². The van der Waals surface area contributed by atoms with Gasteiger partial charge in [0.25, 0.3) is 0 Å². The first-order valence-electron chi connectivity index (χ1n) is 11.0. The fourth-order valence-electron chi connectivity index (χ4n) is 4.24. The molecule has 0 aliphatic carbocycles. The van der Waals surface area contributed by atoms with Gasteiger partial charge in [-0.2, -0.15) is 0 Å². The van der Waals surface area contributed by atoms with Gasteiger partial charge in [-0.15, -0.1) is 0 Å². The predicted molar refractivity (Wildman–Crippen MR) is 132 cm³/mol. The van der Waals surface area contributed by atoms with Crippen LogP contribution in [0.5, 0.6) is 0 Å². The van der Waals surface area contributed by atoms with Crippen LogP contribution in [0.4, 0.5) is 5.69 Å². The second-order valence-corrected chi connectivity index (χ2v) is 9.46. The molecule has 0 atom stereocenters. The van der Waals surface area contributed by atoms with Gasteiger partial charge in [0.05, 0.1) is 17.8 Å². The molecule has 1 aliphatic heterocycles. The number of H-pyrrole nitrogens is 1. The predicted octanol–water partition coefficient (Wildman–Crippen LogP) is 5.92. The van der Waals surface area contributed by atoms with Gasteiger partial charge in [-0.1, -0.05) is 39.0 Å². The molecular formula is C28H25N3O2. The lowest BCUT2D eigenvalue weighted by Crippen LogP contribution is -2.13. The number of nitrogens with zero attached hydrogens (tertiary/aromatic N) is 1. The number of hydrogen-bond acceptors (Lipinski definition) is 3. The Morgan fingerprint density at radius 2 is 1.94 bits per heavy atom. The van der Waals surface area contributed by atoms with Crippen LogP contribution < -0.4 is 5.32 Å². The van der Waals surface area contributed by atoms with Crippen molar-refractivity contribution in [2.75, 3.05) is 5.32 Å². The number of amides is 1. The fourth-order valence-corrected chi connectivity index (χ4v) is 4.24. The molecule has 0 fully saturated rings. The van der Waals surface area contributed by atoms with Crippen molar-refractivity contribution in [2.24, 2.45) is 0 Å². The van der Waals surface area contributed by atoms with E-state index in [1.807, 2.05) is 18.2 Å². The van der Waals surface area contributed by atoms with Gasteiger partial charge in [0.2, 0.25) is 5.91 Å². The Bertz CT molecular complexity index is 1420. The smallest absolute Gasteiger partial charge is 0.228 e. The lowest BCUT2D eigenvalue weighted by Gasteiger charge is -2.19. The number of rotatable bonds is 3. The topological polar surface area (TPSA) is 74.8 Å². The number of carbonyl (C=O) groups excluding carboxylic acids is 2. The second kappa shape index (κ2) is 7.85. The number of nitrogens with one attached hydrogen (secondary N) is 2. The molecular weight excluding hydrogens is 410 g/mol. The van der Waals surface area contributed by atoms with Crippen LogP contribution in [0, 0.1) is 0 Å². The van der Waals surface area contributed by atoms with Crippen LogP contribution in [0.2, 0.25) is 0 Å². The normalized spacial score (nSPS) is 13.5. The van der Waals surface area contributed by atoms with Gasteiger partial charge in [-0.05, 0) is 64.6 Å². The average molecular weight is 436 g/mol. The molecule has 0 unspecified atom stereocenters. The summed E-state index contributed by atoms with van der Waals surface area (Å²) in [4.78, 5) is 32.7. The van der Waals surface area contributed by atoms with Gasteiger partial charge in [-0.25, -0.2) is 0 Å². The molecule has 5 nitrogen and oxygen atoms in total. The maximum atomic E-state index is 12.7. The number of allylic oxidation sites excluding steroid dienone is 1. The summed E-state index contributed by atoms with van der Waals surface area (Å²) >= 11 is 0. The third kappa shape index (κ3) is 3.98. The van der Waals surface area contributed by atoms with Gasteiger partial charge in [-0.3, -0.25) is 14.6 Å². The molecule has 1 amide bonds. The molecule has 0 saturated carbocycles. The zero-order chi connectivity index (χ0) is 23.2. The summed E-state index contributed by atoms with van der Waals surface area (Å²) in [6.07, 6.45) is 6.85. The molecule has 0 spiro atoms. The van der Waals surface area contributed by atoms with Gasteiger partial charge in [0, 0.05) is 34.4 Å². The Kier molecular flexibility index (Phi) is 4.97. The number of fused-ring (bicyclic) bond motifs is 5.